The number of aromatic nitrogens is 2. The van der Waals surface area contributed by atoms with Crippen molar-refractivity contribution in [3.63, 3.8) is 0 Å². The van der Waals surface area contributed by atoms with Crippen LogP contribution in [0.4, 0.5) is 0 Å². The number of likely N-dealkylation sites (tertiary alicyclic amines) is 1. The van der Waals surface area contributed by atoms with Gasteiger partial charge in [-0.15, -0.1) is 11.3 Å². The van der Waals surface area contributed by atoms with Crippen LogP contribution >= 0.6 is 46.3 Å². The molecule has 0 saturated carbocycles. The molecule has 3 aromatic rings. The van der Waals surface area contributed by atoms with Gasteiger partial charge in [0.05, 0.1) is 15.4 Å². The van der Waals surface area contributed by atoms with Gasteiger partial charge in [0.15, 0.2) is 5.16 Å². The molecule has 0 bridgehead atoms. The minimum absolute atomic E-state index is 0.104. The zero-order chi connectivity index (χ0) is 18.3. The molecule has 1 aliphatic rings. The van der Waals surface area contributed by atoms with Crippen molar-refractivity contribution in [3.8, 4) is 11.1 Å². The van der Waals surface area contributed by atoms with Crippen LogP contribution in [0.3, 0.4) is 0 Å². The molecule has 2 aromatic heterocycles. The van der Waals surface area contributed by atoms with E-state index in [0.29, 0.717) is 25.8 Å². The van der Waals surface area contributed by atoms with Gasteiger partial charge in [-0.25, -0.2) is 4.98 Å². The molecule has 0 amide bonds. The Morgan fingerprint density at radius 1 is 1.27 bits per heavy atom. The zero-order valence-electron chi connectivity index (χ0n) is 14.1. The van der Waals surface area contributed by atoms with Crippen LogP contribution < -0.4 is 5.56 Å². The summed E-state index contributed by atoms with van der Waals surface area (Å²) in [6, 6.07) is 5.40. The minimum Gasteiger partial charge on any atom is -0.306 e. The zero-order valence-corrected chi connectivity index (χ0v) is 17.2. The lowest BCUT2D eigenvalue weighted by atomic mass is 10.1. The van der Waals surface area contributed by atoms with Crippen molar-refractivity contribution in [1.29, 1.82) is 0 Å². The van der Waals surface area contributed by atoms with Crippen molar-refractivity contribution in [2.24, 2.45) is 0 Å². The quantitative estimate of drug-likeness (QED) is 0.589. The molecule has 1 fully saturated rings. The molecule has 26 heavy (non-hydrogen) atoms. The number of hydrogen-bond donors (Lipinski definition) is 1. The molecule has 0 radical (unpaired) electrons. The van der Waals surface area contributed by atoms with E-state index in [-0.39, 0.29) is 5.56 Å². The number of aromatic amines is 1. The average molecular weight is 426 g/mol. The SMILES string of the molecule is CN1CCC(Sc2nc3scc(-c4ccc(Cl)c(Cl)c4)c3c(=O)[nH]2)CC1. The van der Waals surface area contributed by atoms with Crippen molar-refractivity contribution in [2.45, 2.75) is 23.2 Å². The number of hydrogen-bond acceptors (Lipinski definition) is 5. The summed E-state index contributed by atoms with van der Waals surface area (Å²) in [5, 5.41) is 4.75. The average Bonchev–Trinajstić information content (AvgIpc) is 3.04. The van der Waals surface area contributed by atoms with Gasteiger partial charge < -0.3 is 9.88 Å². The number of piperidine rings is 1. The molecule has 0 unspecified atom stereocenters. The Labute approximate surface area is 169 Å². The lowest BCUT2D eigenvalue weighted by molar-refractivity contribution is 0.282. The third-order valence-electron chi connectivity index (χ3n) is 4.60. The Balaban J connectivity index is 1.67. The smallest absolute Gasteiger partial charge is 0.260 e. The second-order valence-electron chi connectivity index (χ2n) is 6.45. The number of H-pyrrole nitrogens is 1. The van der Waals surface area contributed by atoms with Crippen LogP contribution in [0.15, 0.2) is 33.5 Å². The topological polar surface area (TPSA) is 49.0 Å². The molecule has 4 nitrogen and oxygen atoms in total. The molecule has 0 spiro atoms. The van der Waals surface area contributed by atoms with Crippen LogP contribution in [0, 0.1) is 0 Å². The standard InChI is InChI=1S/C18H17Cl2N3OS2/c1-23-6-4-11(5-7-23)26-18-21-16(24)15-12(9-25-17(15)22-18)10-2-3-13(19)14(20)8-10/h2-3,8-9,11H,4-7H2,1H3,(H,21,22,24). The summed E-state index contributed by atoms with van der Waals surface area (Å²) >= 11 is 15.3. The predicted octanol–water partition coefficient (Wildman–Crippen LogP) is 5.14. The number of benzene rings is 1. The summed E-state index contributed by atoms with van der Waals surface area (Å²) in [7, 11) is 2.14. The highest BCUT2D eigenvalue weighted by Crippen LogP contribution is 2.35. The molecule has 4 rings (SSSR count). The summed E-state index contributed by atoms with van der Waals surface area (Å²) in [5.41, 5.74) is 1.61. The van der Waals surface area contributed by atoms with Gasteiger partial charge in [-0.3, -0.25) is 4.79 Å². The summed E-state index contributed by atoms with van der Waals surface area (Å²) in [6.07, 6.45) is 2.23. The molecule has 3 heterocycles. The first-order valence-corrected chi connectivity index (χ1v) is 10.8. The lowest BCUT2D eigenvalue weighted by Gasteiger charge is -2.27. The molecule has 1 N–H and O–H groups in total. The largest absolute Gasteiger partial charge is 0.306 e. The van der Waals surface area contributed by atoms with Crippen molar-refractivity contribution in [3.05, 3.63) is 44.0 Å². The van der Waals surface area contributed by atoms with Gasteiger partial charge in [-0.1, -0.05) is 41.0 Å². The van der Waals surface area contributed by atoms with E-state index in [0.717, 1.165) is 41.9 Å². The fourth-order valence-corrected chi connectivity index (χ4v) is 5.48. The monoisotopic (exact) mass is 425 g/mol. The van der Waals surface area contributed by atoms with E-state index in [4.69, 9.17) is 23.2 Å². The van der Waals surface area contributed by atoms with Crippen molar-refractivity contribution in [2.75, 3.05) is 20.1 Å². The Morgan fingerprint density at radius 2 is 2.04 bits per heavy atom. The van der Waals surface area contributed by atoms with Gasteiger partial charge in [-0.05, 0) is 50.7 Å². The van der Waals surface area contributed by atoms with Gasteiger partial charge in [0, 0.05) is 16.2 Å². The second kappa shape index (κ2) is 7.52. The lowest BCUT2D eigenvalue weighted by Crippen LogP contribution is -2.31. The molecule has 136 valence electrons. The summed E-state index contributed by atoms with van der Waals surface area (Å²) in [4.78, 5) is 23.5. The maximum absolute atomic E-state index is 12.7. The second-order valence-corrected chi connectivity index (χ2v) is 9.41. The highest BCUT2D eigenvalue weighted by molar-refractivity contribution is 7.99. The third kappa shape index (κ3) is 3.66. The van der Waals surface area contributed by atoms with E-state index < -0.39 is 0 Å². The summed E-state index contributed by atoms with van der Waals surface area (Å²) in [6.45, 7) is 2.18. The highest BCUT2D eigenvalue weighted by Gasteiger charge is 2.20. The van der Waals surface area contributed by atoms with E-state index in [2.05, 4.69) is 21.9 Å². The molecular formula is C18H17Cl2N3OS2. The van der Waals surface area contributed by atoms with Crippen LogP contribution in [0.1, 0.15) is 12.8 Å². The Morgan fingerprint density at radius 3 is 2.77 bits per heavy atom. The number of nitrogens with zero attached hydrogens (tertiary/aromatic N) is 2. The normalized spacial score (nSPS) is 16.4. The van der Waals surface area contributed by atoms with Crippen LogP contribution in [0.2, 0.25) is 10.0 Å². The van der Waals surface area contributed by atoms with E-state index in [1.54, 1.807) is 23.9 Å². The Kier molecular flexibility index (Phi) is 5.30. The molecule has 0 atom stereocenters. The number of fused-ring (bicyclic) bond motifs is 1. The molecular weight excluding hydrogens is 409 g/mol. The number of rotatable bonds is 3. The Hall–Kier alpha value is -1.05. The number of halogens is 2. The van der Waals surface area contributed by atoms with E-state index >= 15 is 0 Å². The molecule has 1 saturated heterocycles. The number of thiophene rings is 1. The van der Waals surface area contributed by atoms with Gasteiger partial charge in [0.1, 0.15) is 4.83 Å². The number of thioether (sulfide) groups is 1. The van der Waals surface area contributed by atoms with Crippen molar-refractivity contribution >= 4 is 56.5 Å². The van der Waals surface area contributed by atoms with Gasteiger partial charge >= 0.3 is 0 Å². The number of nitrogens with one attached hydrogen (secondary N) is 1. The van der Waals surface area contributed by atoms with Crippen molar-refractivity contribution < 1.29 is 0 Å². The molecule has 8 heteroatoms. The fourth-order valence-electron chi connectivity index (χ4n) is 3.12. The van der Waals surface area contributed by atoms with Crippen LogP contribution in [-0.4, -0.2) is 40.3 Å². The summed E-state index contributed by atoms with van der Waals surface area (Å²) in [5.74, 6) is 0. The highest BCUT2D eigenvalue weighted by atomic mass is 35.5. The predicted molar refractivity (Wildman–Crippen MR) is 112 cm³/mol. The first-order chi connectivity index (χ1) is 12.5. The first kappa shape index (κ1) is 18.3. The van der Waals surface area contributed by atoms with Crippen LogP contribution in [0.5, 0.6) is 0 Å². The van der Waals surface area contributed by atoms with Gasteiger partial charge in [0.25, 0.3) is 5.56 Å². The van der Waals surface area contributed by atoms with Gasteiger partial charge in [-0.2, -0.15) is 0 Å². The molecule has 1 aromatic carbocycles. The van der Waals surface area contributed by atoms with Crippen LogP contribution in [0.25, 0.3) is 21.3 Å². The minimum atomic E-state index is -0.104. The third-order valence-corrected chi connectivity index (χ3v) is 7.43. The molecule has 0 aliphatic carbocycles. The summed E-state index contributed by atoms with van der Waals surface area (Å²) < 4.78 is 0. The van der Waals surface area contributed by atoms with Crippen LogP contribution in [-0.2, 0) is 0 Å². The maximum atomic E-state index is 12.7. The van der Waals surface area contributed by atoms with Gasteiger partial charge in [0.2, 0.25) is 0 Å². The fraction of sp³-hybridized carbons (Fsp3) is 0.333. The Bertz CT molecular complexity index is 1010. The maximum Gasteiger partial charge on any atom is 0.260 e. The van der Waals surface area contributed by atoms with E-state index in [1.165, 1.54) is 11.3 Å². The molecule has 1 aliphatic heterocycles. The first-order valence-electron chi connectivity index (χ1n) is 8.33. The van der Waals surface area contributed by atoms with Crippen molar-refractivity contribution in [1.82, 2.24) is 14.9 Å². The van der Waals surface area contributed by atoms with E-state index in [9.17, 15) is 4.79 Å². The van der Waals surface area contributed by atoms with E-state index in [1.807, 2.05) is 11.4 Å².